The van der Waals surface area contributed by atoms with Gasteiger partial charge in [-0.3, -0.25) is 4.79 Å². The Bertz CT molecular complexity index is 617. The largest absolute Gasteiger partial charge is 0.493 e. The van der Waals surface area contributed by atoms with Gasteiger partial charge in [0.2, 0.25) is 5.91 Å². The predicted molar refractivity (Wildman–Crippen MR) is 84.7 cm³/mol. The third-order valence-corrected chi connectivity index (χ3v) is 5.96. The molecule has 2 aliphatic heterocycles. The van der Waals surface area contributed by atoms with E-state index in [9.17, 15) is 4.79 Å². The average Bonchev–Trinajstić information content (AvgIpc) is 3.11. The lowest BCUT2D eigenvalue weighted by atomic mass is 9.87. The van der Waals surface area contributed by atoms with Gasteiger partial charge in [-0.1, -0.05) is 25.1 Å². The number of likely N-dealkylation sites (tertiary alicyclic amines) is 1. The highest BCUT2D eigenvalue weighted by Gasteiger charge is 2.62. The van der Waals surface area contributed by atoms with Crippen molar-refractivity contribution in [2.75, 3.05) is 26.2 Å². The maximum atomic E-state index is 12.9. The summed E-state index contributed by atoms with van der Waals surface area (Å²) in [4.78, 5) is 15.0. The summed E-state index contributed by atoms with van der Waals surface area (Å²) < 4.78 is 5.76. The number of rotatable bonds is 2. The van der Waals surface area contributed by atoms with Crippen molar-refractivity contribution in [3.8, 4) is 5.75 Å². The van der Waals surface area contributed by atoms with E-state index in [0.717, 1.165) is 44.7 Å². The molecule has 0 bridgehead atoms. The number of nitrogens with two attached hydrogens (primary N) is 1. The van der Waals surface area contributed by atoms with Crippen LogP contribution in [-0.4, -0.2) is 37.0 Å². The fourth-order valence-electron chi connectivity index (χ4n) is 4.28. The molecule has 2 N–H and O–H groups in total. The van der Waals surface area contributed by atoms with E-state index in [1.54, 1.807) is 0 Å². The minimum Gasteiger partial charge on any atom is -0.493 e. The van der Waals surface area contributed by atoms with Gasteiger partial charge in [-0.2, -0.15) is 0 Å². The van der Waals surface area contributed by atoms with Gasteiger partial charge in [0, 0.05) is 30.0 Å². The van der Waals surface area contributed by atoms with E-state index in [1.165, 1.54) is 5.56 Å². The normalized spacial score (nSPS) is 36.1. The molecule has 22 heavy (non-hydrogen) atoms. The van der Waals surface area contributed by atoms with Crippen molar-refractivity contribution in [2.24, 2.45) is 17.1 Å². The van der Waals surface area contributed by atoms with Gasteiger partial charge < -0.3 is 15.4 Å². The van der Waals surface area contributed by atoms with Gasteiger partial charge in [0.25, 0.3) is 0 Å². The zero-order chi connectivity index (χ0) is 15.4. The second kappa shape index (κ2) is 4.72. The Kier molecular flexibility index (Phi) is 3.02. The maximum Gasteiger partial charge on any atom is 0.226 e. The fourth-order valence-corrected chi connectivity index (χ4v) is 4.28. The van der Waals surface area contributed by atoms with Crippen LogP contribution in [0.25, 0.3) is 0 Å². The van der Waals surface area contributed by atoms with Gasteiger partial charge in [0.1, 0.15) is 5.75 Å². The fraction of sp³-hybridized carbons (Fsp3) is 0.611. The lowest BCUT2D eigenvalue weighted by molar-refractivity contribution is -0.132. The van der Waals surface area contributed by atoms with Crippen LogP contribution in [0.5, 0.6) is 5.75 Å². The molecule has 1 amide bonds. The molecule has 1 aromatic rings. The minimum atomic E-state index is 0.0353. The topological polar surface area (TPSA) is 55.6 Å². The number of carbonyl (C=O) groups is 1. The monoisotopic (exact) mass is 300 g/mol. The van der Waals surface area contributed by atoms with Crippen molar-refractivity contribution >= 4 is 5.91 Å². The third-order valence-electron chi connectivity index (χ3n) is 5.96. The molecule has 2 heterocycles. The van der Waals surface area contributed by atoms with Gasteiger partial charge >= 0.3 is 0 Å². The first-order chi connectivity index (χ1) is 10.6. The lowest BCUT2D eigenvalue weighted by Gasteiger charge is -2.28. The summed E-state index contributed by atoms with van der Waals surface area (Å²) >= 11 is 0. The van der Waals surface area contributed by atoms with E-state index >= 15 is 0 Å². The van der Waals surface area contributed by atoms with Crippen LogP contribution in [0.1, 0.15) is 31.7 Å². The van der Waals surface area contributed by atoms with Crippen LogP contribution in [-0.2, 0) is 10.2 Å². The SMILES string of the molecule is C[C@]1(CN)CCN(C(=O)[C@H]2C[C@@]23CCOc2ccccc23)C1. The van der Waals surface area contributed by atoms with Crippen LogP contribution < -0.4 is 10.5 Å². The molecule has 0 unspecified atom stereocenters. The number of amides is 1. The first-order valence-corrected chi connectivity index (χ1v) is 8.29. The number of hydrogen-bond acceptors (Lipinski definition) is 3. The quantitative estimate of drug-likeness (QED) is 0.908. The molecule has 1 spiro atoms. The maximum absolute atomic E-state index is 12.9. The molecule has 4 heteroatoms. The molecule has 2 fully saturated rings. The van der Waals surface area contributed by atoms with Crippen LogP contribution in [0.3, 0.4) is 0 Å². The Hall–Kier alpha value is -1.55. The highest BCUT2D eigenvalue weighted by molar-refractivity contribution is 5.85. The van der Waals surface area contributed by atoms with E-state index < -0.39 is 0 Å². The van der Waals surface area contributed by atoms with Crippen molar-refractivity contribution in [3.63, 3.8) is 0 Å². The smallest absolute Gasteiger partial charge is 0.226 e. The molecular formula is C18H24N2O2. The summed E-state index contributed by atoms with van der Waals surface area (Å²) in [7, 11) is 0. The molecular weight excluding hydrogens is 276 g/mol. The van der Waals surface area contributed by atoms with Crippen molar-refractivity contribution in [1.82, 2.24) is 4.90 Å². The van der Waals surface area contributed by atoms with E-state index in [4.69, 9.17) is 10.5 Å². The zero-order valence-corrected chi connectivity index (χ0v) is 13.2. The molecule has 3 aliphatic rings. The van der Waals surface area contributed by atoms with Gasteiger partial charge in [-0.15, -0.1) is 0 Å². The van der Waals surface area contributed by atoms with Crippen LogP contribution in [0, 0.1) is 11.3 Å². The molecule has 0 radical (unpaired) electrons. The molecule has 118 valence electrons. The molecule has 3 atom stereocenters. The van der Waals surface area contributed by atoms with Crippen LogP contribution >= 0.6 is 0 Å². The Morgan fingerprint density at radius 3 is 3.00 bits per heavy atom. The van der Waals surface area contributed by atoms with E-state index in [1.807, 2.05) is 17.0 Å². The second-order valence-electron chi connectivity index (χ2n) is 7.53. The molecule has 4 rings (SSSR count). The van der Waals surface area contributed by atoms with Crippen molar-refractivity contribution < 1.29 is 9.53 Å². The van der Waals surface area contributed by atoms with Gasteiger partial charge in [-0.05, 0) is 37.3 Å². The summed E-state index contributed by atoms with van der Waals surface area (Å²) in [6, 6.07) is 8.22. The number of nitrogens with zero attached hydrogens (tertiary/aromatic N) is 1. The number of benzene rings is 1. The number of hydrogen-bond donors (Lipinski definition) is 1. The average molecular weight is 300 g/mol. The Morgan fingerprint density at radius 2 is 2.23 bits per heavy atom. The standard InChI is InChI=1S/C18H24N2O2/c1-17(11-19)6-8-20(12-17)16(21)14-10-18(14)7-9-22-15-5-3-2-4-13(15)18/h2-5,14H,6-12,19H2,1H3/t14-,17-,18-/m1/s1. The van der Waals surface area contributed by atoms with Crippen LogP contribution in [0.4, 0.5) is 0 Å². The molecule has 1 aromatic carbocycles. The predicted octanol–water partition coefficient (Wildman–Crippen LogP) is 1.92. The van der Waals surface area contributed by atoms with Gasteiger partial charge in [-0.25, -0.2) is 0 Å². The third kappa shape index (κ3) is 1.97. The van der Waals surface area contributed by atoms with Crippen molar-refractivity contribution in [2.45, 2.75) is 31.6 Å². The Labute approximate surface area is 131 Å². The minimum absolute atomic E-state index is 0.0353. The van der Waals surface area contributed by atoms with Gasteiger partial charge in [0.05, 0.1) is 6.61 Å². The summed E-state index contributed by atoms with van der Waals surface area (Å²) in [5, 5.41) is 0. The molecule has 4 nitrogen and oxygen atoms in total. The number of ether oxygens (including phenoxy) is 1. The number of fused-ring (bicyclic) bond motifs is 2. The molecule has 1 saturated heterocycles. The lowest BCUT2D eigenvalue weighted by Crippen LogP contribution is -2.37. The highest BCUT2D eigenvalue weighted by Crippen LogP contribution is 2.61. The first-order valence-electron chi connectivity index (χ1n) is 8.29. The van der Waals surface area contributed by atoms with E-state index in [0.29, 0.717) is 12.5 Å². The van der Waals surface area contributed by atoms with E-state index in [2.05, 4.69) is 19.1 Å². The molecule has 0 aromatic heterocycles. The Morgan fingerprint density at radius 1 is 1.41 bits per heavy atom. The second-order valence-corrected chi connectivity index (χ2v) is 7.53. The van der Waals surface area contributed by atoms with Crippen LogP contribution in [0.15, 0.2) is 24.3 Å². The first kappa shape index (κ1) is 14.1. The summed E-state index contributed by atoms with van der Waals surface area (Å²) in [5.74, 6) is 1.43. The summed E-state index contributed by atoms with van der Waals surface area (Å²) in [5.41, 5.74) is 7.24. The molecule has 1 aliphatic carbocycles. The number of carbonyl (C=O) groups excluding carboxylic acids is 1. The molecule has 1 saturated carbocycles. The van der Waals surface area contributed by atoms with Crippen molar-refractivity contribution in [3.05, 3.63) is 29.8 Å². The Balaban J connectivity index is 1.54. The zero-order valence-electron chi connectivity index (χ0n) is 13.2. The highest BCUT2D eigenvalue weighted by atomic mass is 16.5. The number of para-hydroxylation sites is 1. The van der Waals surface area contributed by atoms with Crippen molar-refractivity contribution in [1.29, 1.82) is 0 Å². The van der Waals surface area contributed by atoms with E-state index in [-0.39, 0.29) is 16.7 Å². The van der Waals surface area contributed by atoms with Crippen LogP contribution in [0.2, 0.25) is 0 Å². The summed E-state index contributed by atoms with van der Waals surface area (Å²) in [6.07, 6.45) is 2.96. The summed E-state index contributed by atoms with van der Waals surface area (Å²) in [6.45, 7) is 5.24. The van der Waals surface area contributed by atoms with Gasteiger partial charge in [0.15, 0.2) is 0 Å².